The molecular formula is C6H14O10P2S2. The fraction of sp³-hybridized carbons (Fsp3) is 1.00. The predicted molar refractivity (Wildman–Crippen MR) is 71.2 cm³/mol. The van der Waals surface area contributed by atoms with Crippen LogP contribution in [0.2, 0.25) is 0 Å². The first kappa shape index (κ1) is 18.9. The van der Waals surface area contributed by atoms with E-state index in [1.807, 2.05) is 0 Å². The molecule has 0 aromatic rings. The molecule has 0 radical (unpaired) electrons. The van der Waals surface area contributed by atoms with Crippen molar-refractivity contribution in [2.24, 2.45) is 0 Å². The van der Waals surface area contributed by atoms with Crippen LogP contribution in [0.4, 0.5) is 0 Å². The van der Waals surface area contributed by atoms with Crippen molar-refractivity contribution in [2.75, 3.05) is 0 Å². The van der Waals surface area contributed by atoms with Crippen molar-refractivity contribution in [3.63, 3.8) is 0 Å². The number of hydrogen-bond donors (Lipinski definition) is 8. The molecule has 0 bridgehead atoms. The Hall–Kier alpha value is 0.900. The van der Waals surface area contributed by atoms with Crippen molar-refractivity contribution in [3.05, 3.63) is 0 Å². The first-order valence-corrected chi connectivity index (χ1v) is 10.3. The molecule has 2 unspecified atom stereocenters. The van der Waals surface area contributed by atoms with Gasteiger partial charge < -0.3 is 40.0 Å². The average Bonchev–Trinajstić information content (AvgIpc) is 2.25. The lowest BCUT2D eigenvalue weighted by atomic mass is 9.85. The largest absolute Gasteiger partial charge is 0.387 e. The zero-order valence-corrected chi connectivity index (χ0v) is 13.0. The van der Waals surface area contributed by atoms with Gasteiger partial charge in [-0.1, -0.05) is 0 Å². The summed E-state index contributed by atoms with van der Waals surface area (Å²) in [4.78, 5) is 36.1. The van der Waals surface area contributed by atoms with Crippen LogP contribution in [0, 0.1) is 0 Å². The van der Waals surface area contributed by atoms with Crippen LogP contribution in [0.1, 0.15) is 0 Å². The molecule has 0 saturated heterocycles. The van der Waals surface area contributed by atoms with Crippen LogP contribution in [-0.4, -0.2) is 76.6 Å². The molecule has 0 aromatic heterocycles. The van der Waals surface area contributed by atoms with Crippen LogP contribution in [-0.2, 0) is 32.7 Å². The van der Waals surface area contributed by atoms with Gasteiger partial charge in [0.05, 0.1) is 0 Å². The first-order chi connectivity index (χ1) is 8.83. The Morgan fingerprint density at radius 3 is 1.15 bits per heavy atom. The molecular weight excluding hydrogens is 358 g/mol. The van der Waals surface area contributed by atoms with Gasteiger partial charge in [-0.25, -0.2) is 0 Å². The molecule has 0 aromatic carbocycles. The summed E-state index contributed by atoms with van der Waals surface area (Å²) in [6.07, 6.45) is -11.4. The lowest BCUT2D eigenvalue weighted by molar-refractivity contribution is -0.213. The maximum absolute atomic E-state index is 9.83. The quantitative estimate of drug-likeness (QED) is 0.230. The fourth-order valence-electron chi connectivity index (χ4n) is 1.75. The van der Waals surface area contributed by atoms with Gasteiger partial charge in [0.1, 0.15) is 36.6 Å². The van der Waals surface area contributed by atoms with E-state index in [0.717, 1.165) is 0 Å². The van der Waals surface area contributed by atoms with Crippen molar-refractivity contribution in [2.45, 2.75) is 36.6 Å². The van der Waals surface area contributed by atoms with Gasteiger partial charge in [-0.05, 0) is 23.6 Å². The standard InChI is InChI=1S/C6H14O10P2S2/c7-1-2(8)5(15-17(11,12)19)4(10)6(3(1)9)16-18(13,14)20/h1-10H,(H2,11,12,19)(H2,13,14,20)/t1?,2-,3+,4?,5+,6-. The highest BCUT2D eigenvalue weighted by molar-refractivity contribution is 8.07. The molecule has 1 fully saturated rings. The van der Waals surface area contributed by atoms with E-state index in [4.69, 9.17) is 19.6 Å². The molecule has 1 aliphatic rings. The van der Waals surface area contributed by atoms with Gasteiger partial charge in [-0.3, -0.25) is 9.05 Å². The molecule has 0 spiro atoms. The molecule has 10 nitrogen and oxygen atoms in total. The second-order valence-corrected chi connectivity index (χ2v) is 9.32. The monoisotopic (exact) mass is 372 g/mol. The summed E-state index contributed by atoms with van der Waals surface area (Å²) in [6, 6.07) is 0. The van der Waals surface area contributed by atoms with Crippen molar-refractivity contribution in [1.29, 1.82) is 0 Å². The Morgan fingerprint density at radius 1 is 0.600 bits per heavy atom. The molecule has 6 atom stereocenters. The van der Waals surface area contributed by atoms with E-state index in [1.54, 1.807) is 0 Å². The van der Waals surface area contributed by atoms with Gasteiger partial charge in [0.15, 0.2) is 0 Å². The maximum atomic E-state index is 9.83. The van der Waals surface area contributed by atoms with Gasteiger partial charge >= 0.3 is 13.4 Å². The van der Waals surface area contributed by atoms with Crippen molar-refractivity contribution in [3.8, 4) is 0 Å². The molecule has 20 heavy (non-hydrogen) atoms. The van der Waals surface area contributed by atoms with E-state index >= 15 is 0 Å². The molecule has 8 N–H and O–H groups in total. The van der Waals surface area contributed by atoms with E-state index in [1.165, 1.54) is 0 Å². The average molecular weight is 372 g/mol. The van der Waals surface area contributed by atoms with Gasteiger partial charge in [0.2, 0.25) is 0 Å². The molecule has 1 rings (SSSR count). The minimum atomic E-state index is -4.31. The molecule has 0 heterocycles. The maximum Gasteiger partial charge on any atom is 0.322 e. The molecule has 120 valence electrons. The van der Waals surface area contributed by atoms with E-state index < -0.39 is 50.1 Å². The van der Waals surface area contributed by atoms with Crippen LogP contribution in [0.5, 0.6) is 0 Å². The Balaban J connectivity index is 3.02. The van der Waals surface area contributed by atoms with E-state index in [9.17, 15) is 20.4 Å². The van der Waals surface area contributed by atoms with Crippen LogP contribution in [0.3, 0.4) is 0 Å². The number of aliphatic hydroxyl groups is 4. The minimum Gasteiger partial charge on any atom is -0.387 e. The van der Waals surface area contributed by atoms with Crippen LogP contribution >= 0.6 is 13.4 Å². The third-order valence-electron chi connectivity index (χ3n) is 2.56. The predicted octanol–water partition coefficient (Wildman–Crippen LogP) is -3.37. The summed E-state index contributed by atoms with van der Waals surface area (Å²) in [7, 11) is 0. The molecule has 1 saturated carbocycles. The molecule has 14 heteroatoms. The highest BCUT2D eigenvalue weighted by Crippen LogP contribution is 2.45. The Morgan fingerprint density at radius 2 is 0.900 bits per heavy atom. The lowest BCUT2D eigenvalue weighted by Gasteiger charge is -2.43. The summed E-state index contributed by atoms with van der Waals surface area (Å²) >= 11 is 8.34. The second kappa shape index (κ2) is 6.57. The Kier molecular flexibility index (Phi) is 6.22. The van der Waals surface area contributed by atoms with Gasteiger partial charge in [-0.2, -0.15) is 0 Å². The number of hydrogen-bond acceptors (Lipinski definition) is 8. The SMILES string of the molecule is OC1[C@@H](O)[C@H](OP(O)(O)=S)C(O)[C@H](OP(O)(O)=S)[C@H]1O. The normalized spacial score (nSPS) is 39.8. The zero-order chi connectivity index (χ0) is 15.9. The smallest absolute Gasteiger partial charge is 0.322 e. The number of aliphatic hydroxyl groups excluding tert-OH is 4. The van der Waals surface area contributed by atoms with Gasteiger partial charge in [0, 0.05) is 0 Å². The van der Waals surface area contributed by atoms with Crippen molar-refractivity contribution in [1.82, 2.24) is 0 Å². The van der Waals surface area contributed by atoms with Crippen LogP contribution in [0.15, 0.2) is 0 Å². The molecule has 1 aliphatic carbocycles. The van der Waals surface area contributed by atoms with E-state index in [2.05, 4.69) is 32.7 Å². The van der Waals surface area contributed by atoms with E-state index in [0.29, 0.717) is 0 Å². The number of rotatable bonds is 4. The van der Waals surface area contributed by atoms with Gasteiger partial charge in [0.25, 0.3) is 0 Å². The third kappa shape index (κ3) is 4.97. The summed E-state index contributed by atoms with van der Waals surface area (Å²) in [6.45, 7) is -8.62. The highest BCUT2D eigenvalue weighted by atomic mass is 32.5. The zero-order valence-electron chi connectivity index (χ0n) is 9.57. The highest BCUT2D eigenvalue weighted by Gasteiger charge is 2.52. The summed E-state index contributed by atoms with van der Waals surface area (Å²) in [5, 5.41) is 38.6. The van der Waals surface area contributed by atoms with Crippen LogP contribution < -0.4 is 0 Å². The summed E-state index contributed by atoms with van der Waals surface area (Å²) in [5.41, 5.74) is 0. The van der Waals surface area contributed by atoms with E-state index in [-0.39, 0.29) is 0 Å². The fourth-order valence-corrected chi connectivity index (χ4v) is 3.48. The van der Waals surface area contributed by atoms with Gasteiger partial charge in [-0.15, -0.1) is 0 Å². The Bertz CT molecular complexity index is 397. The molecule has 0 aliphatic heterocycles. The third-order valence-corrected chi connectivity index (χ3v) is 4.12. The van der Waals surface area contributed by atoms with Crippen molar-refractivity contribution >= 4 is 37.1 Å². The lowest BCUT2D eigenvalue weighted by Crippen LogP contribution is -2.64. The minimum absolute atomic E-state index is 1.83. The molecule has 0 amide bonds. The van der Waals surface area contributed by atoms with Crippen LogP contribution in [0.25, 0.3) is 0 Å². The summed E-state index contributed by atoms with van der Waals surface area (Å²) in [5.74, 6) is 0. The topological polar surface area (TPSA) is 180 Å². The van der Waals surface area contributed by atoms with Crippen molar-refractivity contribution < 1.29 is 49.0 Å². The second-order valence-electron chi connectivity index (χ2n) is 4.08. The first-order valence-electron chi connectivity index (χ1n) is 5.03. The Labute approximate surface area is 123 Å². The summed E-state index contributed by atoms with van der Waals surface area (Å²) < 4.78 is 8.94.